The summed E-state index contributed by atoms with van der Waals surface area (Å²) in [4.78, 5) is 29.1. The molecule has 0 unspecified atom stereocenters. The molecule has 1 aromatic heterocycles. The molecule has 0 aliphatic carbocycles. The van der Waals surface area contributed by atoms with Gasteiger partial charge < -0.3 is 9.32 Å². The summed E-state index contributed by atoms with van der Waals surface area (Å²) in [6.07, 6.45) is 3.69. The highest BCUT2D eigenvalue weighted by atomic mass is 79.9. The summed E-state index contributed by atoms with van der Waals surface area (Å²) in [5, 5.41) is 2.66. The minimum Gasteiger partial charge on any atom is -0.440 e. The number of halogens is 2. The number of hydrogen-bond acceptors (Lipinski definition) is 5. The molecule has 2 aliphatic heterocycles. The SMILES string of the molecule is Cc1cc(Br)ccc1N1C(=O)/C(=C/c2cc(Br)c(N3CCCC3)o2)C(=O)NC1=S. The number of rotatable bonds is 3. The van der Waals surface area contributed by atoms with Crippen molar-refractivity contribution in [1.29, 1.82) is 0 Å². The molecule has 4 rings (SSSR count). The highest BCUT2D eigenvalue weighted by molar-refractivity contribution is 9.10. The van der Waals surface area contributed by atoms with Crippen molar-refractivity contribution < 1.29 is 14.0 Å². The minimum atomic E-state index is -0.541. The van der Waals surface area contributed by atoms with Crippen LogP contribution in [0.5, 0.6) is 0 Å². The molecule has 0 radical (unpaired) electrons. The Hall–Kier alpha value is -1.97. The number of amides is 2. The van der Waals surface area contributed by atoms with Gasteiger partial charge in [-0.15, -0.1) is 0 Å². The monoisotopic (exact) mass is 537 g/mol. The van der Waals surface area contributed by atoms with Gasteiger partial charge in [0.25, 0.3) is 11.8 Å². The van der Waals surface area contributed by atoms with Crippen molar-refractivity contribution in [2.24, 2.45) is 0 Å². The highest BCUT2D eigenvalue weighted by Crippen LogP contribution is 2.34. The van der Waals surface area contributed by atoms with Crippen LogP contribution >= 0.6 is 44.1 Å². The molecule has 150 valence electrons. The number of nitrogens with zero attached hydrogens (tertiary/aromatic N) is 2. The predicted octanol–water partition coefficient (Wildman–Crippen LogP) is 4.54. The average molecular weight is 539 g/mol. The maximum atomic E-state index is 13.2. The van der Waals surface area contributed by atoms with Crippen molar-refractivity contribution in [3.63, 3.8) is 0 Å². The largest absolute Gasteiger partial charge is 0.440 e. The maximum absolute atomic E-state index is 13.2. The molecule has 1 N–H and O–H groups in total. The minimum absolute atomic E-state index is 0.0323. The van der Waals surface area contributed by atoms with Gasteiger partial charge in [-0.1, -0.05) is 15.9 Å². The number of carbonyl (C=O) groups excluding carboxylic acids is 2. The van der Waals surface area contributed by atoms with Crippen LogP contribution in [0.25, 0.3) is 6.08 Å². The van der Waals surface area contributed by atoms with E-state index in [1.807, 2.05) is 19.1 Å². The third kappa shape index (κ3) is 3.91. The lowest BCUT2D eigenvalue weighted by Crippen LogP contribution is -2.54. The summed E-state index contributed by atoms with van der Waals surface area (Å²) >= 11 is 12.2. The van der Waals surface area contributed by atoms with Crippen molar-refractivity contribution in [1.82, 2.24) is 5.32 Å². The third-order valence-electron chi connectivity index (χ3n) is 4.87. The Morgan fingerprint density at radius 1 is 1.17 bits per heavy atom. The van der Waals surface area contributed by atoms with Gasteiger partial charge in [0.05, 0.1) is 10.2 Å². The fourth-order valence-electron chi connectivity index (χ4n) is 3.47. The molecular weight excluding hydrogens is 522 g/mol. The summed E-state index contributed by atoms with van der Waals surface area (Å²) in [6, 6.07) is 7.26. The first-order valence-corrected chi connectivity index (χ1v) is 11.1. The van der Waals surface area contributed by atoms with E-state index in [0.29, 0.717) is 17.3 Å². The van der Waals surface area contributed by atoms with Crippen LogP contribution in [0.3, 0.4) is 0 Å². The van der Waals surface area contributed by atoms with Crippen LogP contribution in [0.2, 0.25) is 0 Å². The van der Waals surface area contributed by atoms with Gasteiger partial charge >= 0.3 is 0 Å². The van der Waals surface area contributed by atoms with Crippen molar-refractivity contribution in [2.75, 3.05) is 22.9 Å². The van der Waals surface area contributed by atoms with Crippen molar-refractivity contribution in [3.8, 4) is 0 Å². The summed E-state index contributed by atoms with van der Waals surface area (Å²) in [5.74, 6) is 0.118. The fourth-order valence-corrected chi connectivity index (χ4v) is 4.78. The third-order valence-corrected chi connectivity index (χ3v) is 6.22. The maximum Gasteiger partial charge on any atom is 0.270 e. The second kappa shape index (κ2) is 8.04. The highest BCUT2D eigenvalue weighted by Gasteiger charge is 2.35. The van der Waals surface area contributed by atoms with Crippen LogP contribution in [-0.2, 0) is 9.59 Å². The standard InChI is InChI=1S/C20H17Br2N3O3S/c1-11-8-12(21)4-5-16(11)25-18(27)14(17(26)23-20(25)29)9-13-10-15(22)19(28-13)24-6-2-3-7-24/h4-5,8-10H,2-3,6-7H2,1H3,(H,23,26,29)/b14-9+. The lowest BCUT2D eigenvalue weighted by Gasteiger charge is -2.29. The van der Waals surface area contributed by atoms with Gasteiger partial charge in [0, 0.05) is 23.6 Å². The topological polar surface area (TPSA) is 65.8 Å². The molecule has 2 amide bonds. The Labute approximate surface area is 190 Å². The van der Waals surface area contributed by atoms with Crippen LogP contribution < -0.4 is 15.1 Å². The van der Waals surface area contributed by atoms with Crippen LogP contribution in [0.4, 0.5) is 11.6 Å². The Balaban J connectivity index is 1.69. The fraction of sp³-hybridized carbons (Fsp3) is 0.250. The summed E-state index contributed by atoms with van der Waals surface area (Å²) in [5.41, 5.74) is 1.44. The number of aryl methyl sites for hydroxylation is 1. The van der Waals surface area contributed by atoms with E-state index in [0.717, 1.165) is 40.4 Å². The van der Waals surface area contributed by atoms with Gasteiger partial charge in [-0.2, -0.15) is 0 Å². The first kappa shape index (κ1) is 20.3. The van der Waals surface area contributed by atoms with Crippen molar-refractivity contribution in [3.05, 3.63) is 50.1 Å². The van der Waals surface area contributed by atoms with E-state index in [1.54, 1.807) is 12.1 Å². The molecule has 2 aromatic rings. The number of anilines is 2. The van der Waals surface area contributed by atoms with E-state index in [4.69, 9.17) is 16.6 Å². The number of benzene rings is 1. The molecule has 9 heteroatoms. The number of carbonyl (C=O) groups is 2. The van der Waals surface area contributed by atoms with Crippen LogP contribution in [0.1, 0.15) is 24.2 Å². The van der Waals surface area contributed by atoms with Gasteiger partial charge in [-0.05, 0) is 77.8 Å². The molecule has 0 saturated carbocycles. The zero-order chi connectivity index (χ0) is 20.7. The Morgan fingerprint density at radius 3 is 2.59 bits per heavy atom. The Kier molecular flexibility index (Phi) is 5.63. The molecule has 1 aromatic carbocycles. The summed E-state index contributed by atoms with van der Waals surface area (Å²) < 4.78 is 7.61. The zero-order valence-corrected chi connectivity index (χ0v) is 19.5. The molecule has 0 bridgehead atoms. The van der Waals surface area contributed by atoms with Gasteiger partial charge in [0.1, 0.15) is 11.3 Å². The zero-order valence-electron chi connectivity index (χ0n) is 15.5. The van der Waals surface area contributed by atoms with E-state index in [-0.39, 0.29) is 10.7 Å². The normalized spacial score (nSPS) is 18.7. The van der Waals surface area contributed by atoms with Gasteiger partial charge in [-0.3, -0.25) is 19.8 Å². The second-order valence-corrected chi connectivity index (χ2v) is 9.04. The Bertz CT molecular complexity index is 1060. The van der Waals surface area contributed by atoms with E-state index in [1.165, 1.54) is 11.0 Å². The predicted molar refractivity (Wildman–Crippen MR) is 123 cm³/mol. The second-order valence-electron chi connectivity index (χ2n) is 6.88. The smallest absolute Gasteiger partial charge is 0.270 e. The summed E-state index contributed by atoms with van der Waals surface area (Å²) in [7, 11) is 0. The molecule has 0 atom stereocenters. The first-order chi connectivity index (χ1) is 13.8. The quantitative estimate of drug-likeness (QED) is 0.353. The molecule has 29 heavy (non-hydrogen) atoms. The number of nitrogens with one attached hydrogen (secondary N) is 1. The molecular formula is C20H17Br2N3O3S. The molecule has 0 spiro atoms. The molecule has 2 fully saturated rings. The van der Waals surface area contributed by atoms with Crippen LogP contribution in [0, 0.1) is 6.92 Å². The van der Waals surface area contributed by atoms with Crippen LogP contribution in [-0.4, -0.2) is 30.0 Å². The van der Waals surface area contributed by atoms with E-state index < -0.39 is 11.8 Å². The van der Waals surface area contributed by atoms with Crippen molar-refractivity contribution >= 4 is 78.7 Å². The van der Waals surface area contributed by atoms with Gasteiger partial charge in [0.15, 0.2) is 5.11 Å². The lowest BCUT2D eigenvalue weighted by atomic mass is 10.1. The average Bonchev–Trinajstić information content (AvgIpc) is 3.29. The van der Waals surface area contributed by atoms with E-state index in [2.05, 4.69) is 42.1 Å². The van der Waals surface area contributed by atoms with Crippen molar-refractivity contribution in [2.45, 2.75) is 19.8 Å². The first-order valence-electron chi connectivity index (χ1n) is 9.07. The molecule has 3 heterocycles. The lowest BCUT2D eigenvalue weighted by molar-refractivity contribution is -0.122. The molecule has 6 nitrogen and oxygen atoms in total. The molecule has 2 saturated heterocycles. The number of furan rings is 1. The number of thiocarbonyl (C=S) groups is 1. The number of hydrogen-bond donors (Lipinski definition) is 1. The van der Waals surface area contributed by atoms with E-state index in [9.17, 15) is 9.59 Å². The van der Waals surface area contributed by atoms with Crippen LogP contribution in [0.15, 0.2) is 43.2 Å². The Morgan fingerprint density at radius 2 is 1.90 bits per heavy atom. The summed E-state index contributed by atoms with van der Waals surface area (Å²) in [6.45, 7) is 3.72. The molecule has 2 aliphatic rings. The van der Waals surface area contributed by atoms with Gasteiger partial charge in [0.2, 0.25) is 5.88 Å². The van der Waals surface area contributed by atoms with Gasteiger partial charge in [-0.25, -0.2) is 0 Å². The van der Waals surface area contributed by atoms with E-state index >= 15 is 0 Å².